The van der Waals surface area contributed by atoms with Crippen LogP contribution in [0.4, 0.5) is 0 Å². The third kappa shape index (κ3) is 3.40. The van der Waals surface area contributed by atoms with E-state index in [2.05, 4.69) is 29.7 Å². The molecule has 0 radical (unpaired) electrons. The summed E-state index contributed by atoms with van der Waals surface area (Å²) in [7, 11) is 2.02. The highest BCUT2D eigenvalue weighted by molar-refractivity contribution is 5.97. The summed E-state index contributed by atoms with van der Waals surface area (Å²) in [5.74, 6) is 0.0907. The summed E-state index contributed by atoms with van der Waals surface area (Å²) in [6.45, 7) is 6.11. The van der Waals surface area contributed by atoms with Crippen LogP contribution in [0.15, 0.2) is 12.1 Å². The van der Waals surface area contributed by atoms with Crippen LogP contribution in [-0.4, -0.2) is 25.0 Å². The third-order valence-corrected chi connectivity index (χ3v) is 4.37. The van der Waals surface area contributed by atoms with Gasteiger partial charge in [-0.05, 0) is 64.6 Å². The van der Waals surface area contributed by atoms with Crippen molar-refractivity contribution < 1.29 is 4.79 Å². The molecular formula is C17H26N2O. The Labute approximate surface area is 122 Å². The number of carbonyl (C=O) groups is 1. The summed E-state index contributed by atoms with van der Waals surface area (Å²) in [5.41, 5.74) is 4.21. The Morgan fingerprint density at radius 2 is 1.50 bits per heavy atom. The average Bonchev–Trinajstić information content (AvgIpc) is 2.38. The van der Waals surface area contributed by atoms with Crippen molar-refractivity contribution in [3.63, 3.8) is 0 Å². The molecule has 0 aromatic heterocycles. The molecule has 1 saturated carbocycles. The van der Waals surface area contributed by atoms with Gasteiger partial charge in [-0.1, -0.05) is 17.7 Å². The molecule has 1 fully saturated rings. The normalized spacial score (nSPS) is 22.6. The van der Waals surface area contributed by atoms with E-state index < -0.39 is 0 Å². The SMILES string of the molecule is CNC1CCC(NC(=O)c2c(C)cc(C)cc2C)CC1. The minimum atomic E-state index is 0.0907. The Bertz CT molecular complexity index is 465. The Morgan fingerprint density at radius 3 is 2.00 bits per heavy atom. The molecule has 20 heavy (non-hydrogen) atoms. The highest BCUT2D eigenvalue weighted by Gasteiger charge is 2.22. The number of benzene rings is 1. The van der Waals surface area contributed by atoms with Gasteiger partial charge in [0.2, 0.25) is 0 Å². The van der Waals surface area contributed by atoms with E-state index in [-0.39, 0.29) is 5.91 Å². The van der Waals surface area contributed by atoms with Crippen molar-refractivity contribution in [2.24, 2.45) is 0 Å². The van der Waals surface area contributed by atoms with Crippen LogP contribution in [0.2, 0.25) is 0 Å². The van der Waals surface area contributed by atoms with Crippen molar-refractivity contribution in [2.45, 2.75) is 58.5 Å². The van der Waals surface area contributed by atoms with Crippen LogP contribution in [0.3, 0.4) is 0 Å². The van der Waals surface area contributed by atoms with Gasteiger partial charge in [-0.2, -0.15) is 0 Å². The van der Waals surface area contributed by atoms with E-state index in [0.717, 1.165) is 42.4 Å². The van der Waals surface area contributed by atoms with Crippen molar-refractivity contribution >= 4 is 5.91 Å². The minimum Gasteiger partial charge on any atom is -0.349 e. The topological polar surface area (TPSA) is 41.1 Å². The van der Waals surface area contributed by atoms with Crippen LogP contribution in [0, 0.1) is 20.8 Å². The summed E-state index contributed by atoms with van der Waals surface area (Å²) >= 11 is 0. The van der Waals surface area contributed by atoms with Crippen LogP contribution in [0.1, 0.15) is 52.7 Å². The summed E-state index contributed by atoms with van der Waals surface area (Å²) in [5, 5.41) is 6.54. The fraction of sp³-hybridized carbons (Fsp3) is 0.588. The van der Waals surface area contributed by atoms with Crippen LogP contribution >= 0.6 is 0 Å². The first kappa shape index (κ1) is 15.0. The second-order valence-corrected chi connectivity index (χ2v) is 6.08. The summed E-state index contributed by atoms with van der Waals surface area (Å²) in [4.78, 5) is 12.5. The van der Waals surface area contributed by atoms with Gasteiger partial charge < -0.3 is 10.6 Å². The average molecular weight is 274 g/mol. The summed E-state index contributed by atoms with van der Waals surface area (Å²) in [6, 6.07) is 5.11. The van der Waals surface area contributed by atoms with E-state index in [1.807, 2.05) is 20.9 Å². The lowest BCUT2D eigenvalue weighted by atomic mass is 9.90. The Hall–Kier alpha value is -1.35. The van der Waals surface area contributed by atoms with Crippen molar-refractivity contribution in [2.75, 3.05) is 7.05 Å². The molecule has 110 valence electrons. The van der Waals surface area contributed by atoms with Crippen LogP contribution < -0.4 is 10.6 Å². The largest absolute Gasteiger partial charge is 0.349 e. The number of carbonyl (C=O) groups excluding carboxylic acids is 1. The van der Waals surface area contributed by atoms with Crippen molar-refractivity contribution in [3.05, 3.63) is 34.4 Å². The van der Waals surface area contributed by atoms with E-state index in [0.29, 0.717) is 12.1 Å². The zero-order chi connectivity index (χ0) is 14.7. The Kier molecular flexibility index (Phi) is 4.81. The lowest BCUT2D eigenvalue weighted by Gasteiger charge is -2.29. The molecule has 0 saturated heterocycles. The maximum absolute atomic E-state index is 12.5. The van der Waals surface area contributed by atoms with Crippen LogP contribution in [0.5, 0.6) is 0 Å². The predicted molar refractivity (Wildman–Crippen MR) is 83.2 cm³/mol. The molecule has 0 bridgehead atoms. The van der Waals surface area contributed by atoms with Crippen molar-refractivity contribution in [1.29, 1.82) is 0 Å². The molecule has 2 N–H and O–H groups in total. The van der Waals surface area contributed by atoms with Crippen molar-refractivity contribution in [1.82, 2.24) is 10.6 Å². The van der Waals surface area contributed by atoms with Crippen LogP contribution in [-0.2, 0) is 0 Å². The molecule has 1 amide bonds. The van der Waals surface area contributed by atoms with Gasteiger partial charge in [-0.15, -0.1) is 0 Å². The molecule has 1 aromatic rings. The first-order valence-corrected chi connectivity index (χ1v) is 7.57. The second kappa shape index (κ2) is 6.40. The molecule has 2 rings (SSSR count). The first-order valence-electron chi connectivity index (χ1n) is 7.57. The van der Waals surface area contributed by atoms with E-state index >= 15 is 0 Å². The number of hydrogen-bond donors (Lipinski definition) is 2. The predicted octanol–water partition coefficient (Wildman–Crippen LogP) is 2.87. The zero-order valence-corrected chi connectivity index (χ0v) is 13.0. The highest BCUT2D eigenvalue weighted by Crippen LogP contribution is 2.20. The second-order valence-electron chi connectivity index (χ2n) is 6.08. The molecule has 0 aliphatic heterocycles. The minimum absolute atomic E-state index is 0.0907. The van der Waals surface area contributed by atoms with Gasteiger partial charge in [0.25, 0.3) is 5.91 Å². The fourth-order valence-electron chi connectivity index (χ4n) is 3.32. The molecule has 3 nitrogen and oxygen atoms in total. The maximum Gasteiger partial charge on any atom is 0.252 e. The molecule has 0 spiro atoms. The fourth-order valence-corrected chi connectivity index (χ4v) is 3.32. The number of hydrogen-bond acceptors (Lipinski definition) is 2. The molecule has 0 unspecified atom stereocenters. The maximum atomic E-state index is 12.5. The highest BCUT2D eigenvalue weighted by atomic mass is 16.1. The van der Waals surface area contributed by atoms with E-state index in [1.54, 1.807) is 0 Å². The summed E-state index contributed by atoms with van der Waals surface area (Å²) in [6.07, 6.45) is 4.43. The number of rotatable bonds is 3. The van der Waals surface area contributed by atoms with Gasteiger partial charge in [0.05, 0.1) is 0 Å². The number of amides is 1. The quantitative estimate of drug-likeness (QED) is 0.890. The van der Waals surface area contributed by atoms with E-state index in [9.17, 15) is 4.79 Å². The van der Waals surface area contributed by atoms with Crippen molar-refractivity contribution in [3.8, 4) is 0 Å². The van der Waals surface area contributed by atoms with Gasteiger partial charge in [-0.3, -0.25) is 4.79 Å². The molecule has 0 atom stereocenters. The molecular weight excluding hydrogens is 248 g/mol. The lowest BCUT2D eigenvalue weighted by Crippen LogP contribution is -2.41. The Morgan fingerprint density at radius 1 is 1.00 bits per heavy atom. The molecule has 3 heteroatoms. The zero-order valence-electron chi connectivity index (χ0n) is 13.0. The Balaban J connectivity index is 2.03. The number of aryl methyl sites for hydroxylation is 3. The third-order valence-electron chi connectivity index (χ3n) is 4.37. The van der Waals surface area contributed by atoms with Gasteiger partial charge in [-0.25, -0.2) is 0 Å². The molecule has 0 heterocycles. The van der Waals surface area contributed by atoms with Gasteiger partial charge in [0, 0.05) is 17.6 Å². The molecule has 1 aliphatic carbocycles. The van der Waals surface area contributed by atoms with Gasteiger partial charge in [0.1, 0.15) is 0 Å². The van der Waals surface area contributed by atoms with E-state index in [4.69, 9.17) is 0 Å². The van der Waals surface area contributed by atoms with Gasteiger partial charge in [0.15, 0.2) is 0 Å². The summed E-state index contributed by atoms with van der Waals surface area (Å²) < 4.78 is 0. The number of nitrogens with one attached hydrogen (secondary N) is 2. The monoisotopic (exact) mass is 274 g/mol. The molecule has 1 aromatic carbocycles. The lowest BCUT2D eigenvalue weighted by molar-refractivity contribution is 0.0923. The van der Waals surface area contributed by atoms with Crippen LogP contribution in [0.25, 0.3) is 0 Å². The molecule has 1 aliphatic rings. The van der Waals surface area contributed by atoms with E-state index in [1.165, 1.54) is 5.56 Å². The standard InChI is InChI=1S/C17H26N2O/c1-11-9-12(2)16(13(3)10-11)17(20)19-15-7-5-14(18-4)6-8-15/h9-10,14-15,18H,5-8H2,1-4H3,(H,19,20). The van der Waals surface area contributed by atoms with Gasteiger partial charge >= 0.3 is 0 Å². The smallest absolute Gasteiger partial charge is 0.252 e. The first-order chi connectivity index (χ1) is 9.51.